The molecule has 0 bridgehead atoms. The van der Waals surface area contributed by atoms with Crippen molar-refractivity contribution in [2.45, 2.75) is 54.4 Å². The number of carboxylic acids is 2. The molecule has 0 aliphatic carbocycles. The predicted octanol–water partition coefficient (Wildman–Crippen LogP) is -1.41. The zero-order valence-corrected chi connectivity index (χ0v) is 19.1. The maximum absolute atomic E-state index is 11.6. The Bertz CT molecular complexity index is 923. The molecule has 0 radical (unpaired) electrons. The lowest BCUT2D eigenvalue weighted by Gasteiger charge is -2.47. The number of hydrogen-bond donors (Lipinski definition) is 4. The smallest absolute Gasteiger partial charge is 0.352 e. The minimum absolute atomic E-state index is 0.105. The zero-order valence-electron chi connectivity index (χ0n) is 17.5. The van der Waals surface area contributed by atoms with Gasteiger partial charge in [-0.2, -0.15) is 0 Å². The first kappa shape index (κ1) is 24.4. The molecule has 0 spiro atoms. The van der Waals surface area contributed by atoms with E-state index in [0.717, 1.165) is 0 Å². The maximum Gasteiger partial charge on any atom is 0.352 e. The van der Waals surface area contributed by atoms with Gasteiger partial charge in [0.05, 0.1) is 0 Å². The number of amides is 2. The Balaban J connectivity index is 0.000000186. The van der Waals surface area contributed by atoms with Crippen molar-refractivity contribution in [1.29, 1.82) is 0 Å². The van der Waals surface area contributed by atoms with Crippen molar-refractivity contribution < 1.29 is 38.9 Å². The Labute approximate surface area is 191 Å². The summed E-state index contributed by atoms with van der Waals surface area (Å²) in [5.41, 5.74) is 11.5. The van der Waals surface area contributed by atoms with Crippen LogP contribution in [0.1, 0.15) is 20.8 Å². The number of carbonyl (C=O) groups is 5. The van der Waals surface area contributed by atoms with Crippen LogP contribution in [-0.4, -0.2) is 95.7 Å². The number of hydrogen-bond acceptors (Lipinski definition) is 10. The van der Waals surface area contributed by atoms with Crippen LogP contribution in [0.15, 0.2) is 11.3 Å². The lowest BCUT2D eigenvalue weighted by Crippen LogP contribution is -2.68. The Kier molecular flexibility index (Phi) is 6.52. The summed E-state index contributed by atoms with van der Waals surface area (Å²) in [5.74, 6) is -2.93. The van der Waals surface area contributed by atoms with E-state index in [1.807, 2.05) is 13.8 Å². The van der Waals surface area contributed by atoms with Gasteiger partial charge in [0.25, 0.3) is 0 Å². The van der Waals surface area contributed by atoms with E-state index < -0.39 is 46.7 Å². The fourth-order valence-corrected chi connectivity index (χ4v) is 6.76. The van der Waals surface area contributed by atoms with Crippen molar-refractivity contribution in [3.8, 4) is 0 Å². The molecule has 5 atom stereocenters. The second-order valence-corrected chi connectivity index (χ2v) is 11.0. The van der Waals surface area contributed by atoms with Crippen molar-refractivity contribution >= 4 is 53.2 Å². The molecule has 0 aromatic rings. The highest BCUT2D eigenvalue weighted by Crippen LogP contribution is 2.50. The molecule has 4 aliphatic rings. The Hall–Kier alpha value is -2.29. The third kappa shape index (κ3) is 3.95. The molecule has 14 heteroatoms. The zero-order chi connectivity index (χ0) is 24.1. The van der Waals surface area contributed by atoms with E-state index in [1.54, 1.807) is 0 Å². The van der Waals surface area contributed by atoms with E-state index in [9.17, 15) is 24.0 Å². The molecule has 4 rings (SSSR count). The van der Waals surface area contributed by atoms with Gasteiger partial charge in [0.2, 0.25) is 11.8 Å². The quantitative estimate of drug-likeness (QED) is 0.267. The van der Waals surface area contributed by atoms with Crippen LogP contribution < -0.4 is 11.5 Å². The van der Waals surface area contributed by atoms with Crippen LogP contribution in [0.5, 0.6) is 0 Å². The number of esters is 1. The molecule has 12 nitrogen and oxygen atoms in total. The second-order valence-electron chi connectivity index (χ2n) is 8.10. The number of thioether (sulfide) groups is 2. The fraction of sp³-hybridized carbons (Fsp3) is 0.611. The van der Waals surface area contributed by atoms with Gasteiger partial charge in [0.1, 0.15) is 41.2 Å². The lowest BCUT2D eigenvalue weighted by molar-refractivity contribution is -0.159. The molecule has 3 saturated heterocycles. The summed E-state index contributed by atoms with van der Waals surface area (Å²) in [4.78, 5) is 58.5. The number of aliphatic carboxylic acids is 2. The van der Waals surface area contributed by atoms with Crippen LogP contribution in [-0.2, 0) is 28.7 Å². The molecule has 0 aromatic heterocycles. The van der Waals surface area contributed by atoms with Crippen LogP contribution in [0.25, 0.3) is 0 Å². The van der Waals surface area contributed by atoms with Crippen LogP contribution in [0.4, 0.5) is 0 Å². The Morgan fingerprint density at radius 1 is 1.12 bits per heavy atom. The van der Waals surface area contributed by atoms with Crippen LogP contribution in [0.2, 0.25) is 0 Å². The molecule has 0 aromatic carbocycles. The number of β-lactam (4-membered cyclic amide) rings is 2. The SMILES string of the molecule is CC(=O)OCC1=C(C(=O)O)N2C(=O)[C@@H](N)[C@H]2SC1.CC1(C)S[C@@H]2[C@H](N)C(=O)N2[C@H]1C(=O)O. The summed E-state index contributed by atoms with van der Waals surface area (Å²) >= 11 is 2.84. The van der Waals surface area contributed by atoms with E-state index in [4.69, 9.17) is 26.4 Å². The molecule has 32 heavy (non-hydrogen) atoms. The third-order valence-corrected chi connectivity index (χ3v) is 8.41. The van der Waals surface area contributed by atoms with Gasteiger partial charge in [-0.3, -0.25) is 19.3 Å². The van der Waals surface area contributed by atoms with E-state index in [2.05, 4.69) is 0 Å². The average Bonchev–Trinajstić information content (AvgIpc) is 2.99. The molecule has 6 N–H and O–H groups in total. The number of nitrogens with two attached hydrogens (primary N) is 2. The molecule has 0 saturated carbocycles. The predicted molar refractivity (Wildman–Crippen MR) is 114 cm³/mol. The number of rotatable bonds is 4. The largest absolute Gasteiger partial charge is 0.480 e. The first-order valence-corrected chi connectivity index (χ1v) is 11.5. The normalized spacial score (nSPS) is 32.1. The average molecular weight is 489 g/mol. The van der Waals surface area contributed by atoms with Crippen LogP contribution in [0, 0.1) is 0 Å². The number of carbonyl (C=O) groups excluding carboxylic acids is 3. The Morgan fingerprint density at radius 3 is 2.25 bits per heavy atom. The van der Waals surface area contributed by atoms with E-state index in [1.165, 1.54) is 40.2 Å². The molecule has 3 fully saturated rings. The standard InChI is InChI=1S/C10H12N2O5S.C8H12N2O3S/c1-4(13)17-2-5-3-18-9-6(11)8(14)12(9)7(5)10(15)16;1-8(2)4(7(12)13)10-5(11)3(9)6(10)14-8/h6,9H,2-3,11H2,1H3,(H,15,16);3-4,6H,9H2,1-2H3,(H,12,13)/t6-,9-;3-,4+,6-/m11/s1. The highest BCUT2D eigenvalue weighted by atomic mass is 32.2. The molecule has 2 amide bonds. The molecular weight excluding hydrogens is 464 g/mol. The number of fused-ring (bicyclic) bond motifs is 2. The van der Waals surface area contributed by atoms with Gasteiger partial charge in [0, 0.05) is 23.0 Å². The highest BCUT2D eigenvalue weighted by molar-refractivity contribution is 8.01. The van der Waals surface area contributed by atoms with Crippen molar-refractivity contribution in [3.05, 3.63) is 11.3 Å². The molecule has 0 unspecified atom stereocenters. The van der Waals surface area contributed by atoms with Crippen molar-refractivity contribution in [1.82, 2.24) is 9.80 Å². The maximum atomic E-state index is 11.6. The van der Waals surface area contributed by atoms with Gasteiger partial charge in [-0.1, -0.05) is 0 Å². The van der Waals surface area contributed by atoms with Gasteiger partial charge >= 0.3 is 17.9 Å². The van der Waals surface area contributed by atoms with Gasteiger partial charge in [-0.15, -0.1) is 23.5 Å². The summed E-state index contributed by atoms with van der Waals surface area (Å²) in [6.07, 6.45) is 0. The minimum Gasteiger partial charge on any atom is -0.480 e. The third-order valence-electron chi connectivity index (χ3n) is 5.46. The van der Waals surface area contributed by atoms with Gasteiger partial charge in [-0.25, -0.2) is 9.59 Å². The van der Waals surface area contributed by atoms with Crippen LogP contribution in [0.3, 0.4) is 0 Å². The summed E-state index contributed by atoms with van der Waals surface area (Å²) in [5, 5.41) is 17.7. The molecule has 4 aliphatic heterocycles. The summed E-state index contributed by atoms with van der Waals surface area (Å²) in [6.45, 7) is 4.78. The Morgan fingerprint density at radius 2 is 1.72 bits per heavy atom. The summed E-state index contributed by atoms with van der Waals surface area (Å²) < 4.78 is 4.33. The van der Waals surface area contributed by atoms with Crippen LogP contribution >= 0.6 is 23.5 Å². The second kappa shape index (κ2) is 8.57. The lowest BCUT2D eigenvalue weighted by atomic mass is 9.96. The molecule has 176 valence electrons. The number of nitrogens with zero attached hydrogens (tertiary/aromatic N) is 2. The number of ether oxygens (including phenoxy) is 1. The van der Waals surface area contributed by atoms with Crippen molar-refractivity contribution in [2.24, 2.45) is 11.5 Å². The minimum atomic E-state index is -1.21. The highest BCUT2D eigenvalue weighted by Gasteiger charge is 2.62. The fourth-order valence-electron chi connectivity index (χ4n) is 3.92. The number of carboxylic acid groups (broad SMARTS) is 2. The first-order valence-electron chi connectivity index (χ1n) is 9.57. The van der Waals surface area contributed by atoms with Gasteiger partial charge in [-0.05, 0) is 13.8 Å². The van der Waals surface area contributed by atoms with Crippen molar-refractivity contribution in [2.75, 3.05) is 12.4 Å². The molecule has 4 heterocycles. The van der Waals surface area contributed by atoms with Crippen molar-refractivity contribution in [3.63, 3.8) is 0 Å². The first-order chi connectivity index (χ1) is 14.8. The van der Waals surface area contributed by atoms with E-state index in [0.29, 0.717) is 11.3 Å². The van der Waals surface area contributed by atoms with E-state index >= 15 is 0 Å². The van der Waals surface area contributed by atoms with Gasteiger partial charge in [0.15, 0.2) is 0 Å². The topological polar surface area (TPSA) is 194 Å². The summed E-state index contributed by atoms with van der Waals surface area (Å²) in [7, 11) is 0. The van der Waals surface area contributed by atoms with E-state index in [-0.39, 0.29) is 29.0 Å². The van der Waals surface area contributed by atoms with Gasteiger partial charge < -0.3 is 31.3 Å². The monoisotopic (exact) mass is 488 g/mol. The summed E-state index contributed by atoms with van der Waals surface area (Å²) in [6, 6.07) is -1.92. The molecular formula is C18H24N4O8S2.